The molecule has 1 saturated heterocycles. The normalized spacial score (nSPS) is 16.9. The van der Waals surface area contributed by atoms with Gasteiger partial charge in [0.1, 0.15) is 10.6 Å². The van der Waals surface area contributed by atoms with Crippen LogP contribution in [0.25, 0.3) is 0 Å². The maximum absolute atomic E-state index is 12.6. The molecular formula is C20H25ClN4O3. The topological polar surface area (TPSA) is 76.5 Å². The summed E-state index contributed by atoms with van der Waals surface area (Å²) in [5.41, 5.74) is 0.693. The molecule has 7 nitrogen and oxygen atoms in total. The summed E-state index contributed by atoms with van der Waals surface area (Å²) in [6.45, 7) is 7.05. The SMILES string of the molecule is CC(C)(C)OC(=O)NC1CCN(c2cnn(Cc3ccccc3)c(=O)c2Cl)C1. The van der Waals surface area contributed by atoms with Gasteiger partial charge in [0.2, 0.25) is 0 Å². The molecule has 1 fully saturated rings. The van der Waals surface area contributed by atoms with Crippen LogP contribution in [0.3, 0.4) is 0 Å². The van der Waals surface area contributed by atoms with Gasteiger partial charge in [-0.25, -0.2) is 9.48 Å². The first kappa shape index (κ1) is 20.2. The van der Waals surface area contributed by atoms with E-state index in [-0.39, 0.29) is 16.6 Å². The van der Waals surface area contributed by atoms with Crippen LogP contribution in [0.1, 0.15) is 32.8 Å². The second kappa shape index (κ2) is 8.22. The van der Waals surface area contributed by atoms with Crippen molar-refractivity contribution in [2.24, 2.45) is 0 Å². The lowest BCUT2D eigenvalue weighted by atomic mass is 10.2. The lowest BCUT2D eigenvalue weighted by Gasteiger charge is -2.22. The van der Waals surface area contributed by atoms with Gasteiger partial charge in [-0.2, -0.15) is 5.10 Å². The third-order valence-corrected chi connectivity index (χ3v) is 4.75. The largest absolute Gasteiger partial charge is 0.444 e. The van der Waals surface area contributed by atoms with Crippen LogP contribution in [0.2, 0.25) is 5.02 Å². The minimum absolute atomic E-state index is 0.0716. The average Bonchev–Trinajstić information content (AvgIpc) is 3.06. The molecule has 1 amide bonds. The molecule has 1 unspecified atom stereocenters. The Hall–Kier alpha value is -2.54. The maximum Gasteiger partial charge on any atom is 0.407 e. The van der Waals surface area contributed by atoms with E-state index in [1.807, 2.05) is 56.0 Å². The number of hydrogen-bond acceptors (Lipinski definition) is 5. The molecule has 1 aromatic heterocycles. The van der Waals surface area contributed by atoms with Gasteiger partial charge >= 0.3 is 6.09 Å². The summed E-state index contributed by atoms with van der Waals surface area (Å²) in [5, 5.41) is 7.29. The van der Waals surface area contributed by atoms with Crippen LogP contribution in [-0.4, -0.2) is 40.6 Å². The zero-order chi connectivity index (χ0) is 20.3. The van der Waals surface area contributed by atoms with Crippen LogP contribution >= 0.6 is 11.6 Å². The second-order valence-corrected chi connectivity index (χ2v) is 8.25. The molecule has 1 aliphatic rings. The third-order valence-electron chi connectivity index (χ3n) is 4.39. The molecule has 1 aliphatic heterocycles. The monoisotopic (exact) mass is 404 g/mol. The Bertz CT molecular complexity index is 893. The van der Waals surface area contributed by atoms with Crippen LogP contribution in [0.15, 0.2) is 41.3 Å². The Morgan fingerprint density at radius 1 is 1.32 bits per heavy atom. The minimum atomic E-state index is -0.543. The molecule has 0 spiro atoms. The Morgan fingerprint density at radius 2 is 2.04 bits per heavy atom. The number of nitrogens with zero attached hydrogens (tertiary/aromatic N) is 3. The number of benzene rings is 1. The molecule has 0 bridgehead atoms. The van der Waals surface area contributed by atoms with Crippen molar-refractivity contribution in [1.29, 1.82) is 0 Å². The Morgan fingerprint density at radius 3 is 2.71 bits per heavy atom. The van der Waals surface area contributed by atoms with E-state index in [4.69, 9.17) is 16.3 Å². The number of carbonyl (C=O) groups is 1. The number of anilines is 1. The summed E-state index contributed by atoms with van der Waals surface area (Å²) in [7, 11) is 0. The molecule has 0 radical (unpaired) electrons. The van der Waals surface area contributed by atoms with E-state index in [0.29, 0.717) is 25.3 Å². The molecular weight excluding hydrogens is 380 g/mol. The molecule has 1 N–H and O–H groups in total. The highest BCUT2D eigenvalue weighted by Crippen LogP contribution is 2.25. The Labute approximate surface area is 169 Å². The van der Waals surface area contributed by atoms with Gasteiger partial charge in [-0.1, -0.05) is 41.9 Å². The highest BCUT2D eigenvalue weighted by Gasteiger charge is 2.28. The molecule has 0 aliphatic carbocycles. The van der Waals surface area contributed by atoms with Gasteiger partial charge < -0.3 is 15.0 Å². The van der Waals surface area contributed by atoms with Crippen molar-refractivity contribution in [3.63, 3.8) is 0 Å². The predicted molar refractivity (Wildman–Crippen MR) is 109 cm³/mol. The summed E-state index contributed by atoms with van der Waals surface area (Å²) < 4.78 is 6.65. The van der Waals surface area contributed by atoms with Crippen molar-refractivity contribution >= 4 is 23.4 Å². The number of nitrogens with one attached hydrogen (secondary N) is 1. The number of amides is 1. The van der Waals surface area contributed by atoms with Crippen molar-refractivity contribution in [2.75, 3.05) is 18.0 Å². The number of alkyl carbamates (subject to hydrolysis) is 1. The van der Waals surface area contributed by atoms with Crippen molar-refractivity contribution < 1.29 is 9.53 Å². The maximum atomic E-state index is 12.6. The third kappa shape index (κ3) is 5.04. The van der Waals surface area contributed by atoms with Crippen molar-refractivity contribution in [2.45, 2.75) is 45.4 Å². The van der Waals surface area contributed by atoms with Gasteiger partial charge in [0.25, 0.3) is 5.56 Å². The number of halogens is 1. The molecule has 28 heavy (non-hydrogen) atoms. The molecule has 0 saturated carbocycles. The van der Waals surface area contributed by atoms with Crippen LogP contribution in [0.4, 0.5) is 10.5 Å². The van der Waals surface area contributed by atoms with Gasteiger partial charge in [-0.15, -0.1) is 0 Å². The van der Waals surface area contributed by atoms with E-state index >= 15 is 0 Å². The van der Waals surface area contributed by atoms with Crippen LogP contribution < -0.4 is 15.8 Å². The minimum Gasteiger partial charge on any atom is -0.444 e. The zero-order valence-electron chi connectivity index (χ0n) is 16.3. The lowest BCUT2D eigenvalue weighted by molar-refractivity contribution is 0.0509. The molecule has 1 atom stereocenters. The van der Waals surface area contributed by atoms with Crippen molar-refractivity contribution in [3.8, 4) is 0 Å². The predicted octanol–water partition coefficient (Wildman–Crippen LogP) is 3.05. The molecule has 2 heterocycles. The fraction of sp³-hybridized carbons (Fsp3) is 0.450. The van der Waals surface area contributed by atoms with Crippen molar-refractivity contribution in [1.82, 2.24) is 15.1 Å². The van der Waals surface area contributed by atoms with E-state index < -0.39 is 11.7 Å². The van der Waals surface area contributed by atoms with E-state index in [9.17, 15) is 9.59 Å². The zero-order valence-corrected chi connectivity index (χ0v) is 17.1. The number of ether oxygens (including phenoxy) is 1. The fourth-order valence-electron chi connectivity index (χ4n) is 3.12. The first-order chi connectivity index (χ1) is 13.2. The molecule has 150 valence electrons. The number of hydrogen-bond donors (Lipinski definition) is 1. The van der Waals surface area contributed by atoms with Gasteiger partial charge in [-0.3, -0.25) is 4.79 Å². The molecule has 8 heteroatoms. The molecule has 1 aromatic carbocycles. The summed E-state index contributed by atoms with van der Waals surface area (Å²) in [6.07, 6.45) is 1.91. The highest BCUT2D eigenvalue weighted by atomic mass is 35.5. The van der Waals surface area contributed by atoms with Crippen molar-refractivity contribution in [3.05, 3.63) is 57.5 Å². The smallest absolute Gasteiger partial charge is 0.407 e. The average molecular weight is 405 g/mol. The Kier molecular flexibility index (Phi) is 5.93. The fourth-order valence-corrected chi connectivity index (χ4v) is 3.38. The van der Waals surface area contributed by atoms with E-state index in [1.165, 1.54) is 4.68 Å². The number of carbonyl (C=O) groups excluding carboxylic acids is 1. The van der Waals surface area contributed by atoms with E-state index in [2.05, 4.69) is 10.4 Å². The summed E-state index contributed by atoms with van der Waals surface area (Å²) in [4.78, 5) is 26.5. The first-order valence-corrected chi connectivity index (χ1v) is 9.65. The highest BCUT2D eigenvalue weighted by molar-refractivity contribution is 6.33. The quantitative estimate of drug-likeness (QED) is 0.847. The summed E-state index contributed by atoms with van der Waals surface area (Å²) in [5.74, 6) is 0. The lowest BCUT2D eigenvalue weighted by Crippen LogP contribution is -2.40. The number of aromatic nitrogens is 2. The van der Waals surface area contributed by atoms with Crippen LogP contribution in [0, 0.1) is 0 Å². The summed E-state index contributed by atoms with van der Waals surface area (Å²) in [6, 6.07) is 9.55. The van der Waals surface area contributed by atoms with E-state index in [0.717, 1.165) is 12.0 Å². The standard InChI is InChI=1S/C20H25ClN4O3/c1-20(2,3)28-19(27)23-15-9-10-24(13-15)16-11-22-25(18(26)17(16)21)12-14-7-5-4-6-8-14/h4-8,11,15H,9-10,12-13H2,1-3H3,(H,23,27). The molecule has 3 rings (SSSR count). The van der Waals surface area contributed by atoms with Gasteiger partial charge in [0, 0.05) is 13.1 Å². The van der Waals surface area contributed by atoms with Gasteiger partial charge in [0.05, 0.1) is 24.5 Å². The van der Waals surface area contributed by atoms with Crippen LogP contribution in [-0.2, 0) is 11.3 Å². The first-order valence-electron chi connectivity index (χ1n) is 9.27. The number of rotatable bonds is 4. The summed E-state index contributed by atoms with van der Waals surface area (Å²) >= 11 is 6.36. The van der Waals surface area contributed by atoms with Crippen LogP contribution in [0.5, 0.6) is 0 Å². The second-order valence-electron chi connectivity index (χ2n) is 7.87. The molecule has 2 aromatic rings. The van der Waals surface area contributed by atoms with Gasteiger partial charge in [0.15, 0.2) is 0 Å². The van der Waals surface area contributed by atoms with Gasteiger partial charge in [-0.05, 0) is 32.8 Å². The van der Waals surface area contributed by atoms with E-state index in [1.54, 1.807) is 6.20 Å². The Balaban J connectivity index is 1.67.